The summed E-state index contributed by atoms with van der Waals surface area (Å²) in [5.74, 6) is -0.354. The van der Waals surface area contributed by atoms with Gasteiger partial charge in [0.25, 0.3) is 11.8 Å². The number of anilines is 2. The van der Waals surface area contributed by atoms with E-state index in [1.54, 1.807) is 35.6 Å². The summed E-state index contributed by atoms with van der Waals surface area (Å²) in [7, 11) is 0. The fourth-order valence-electron chi connectivity index (χ4n) is 2.91. The third kappa shape index (κ3) is 5.01. The van der Waals surface area contributed by atoms with Crippen molar-refractivity contribution in [2.45, 2.75) is 20.4 Å². The molecule has 0 saturated carbocycles. The summed E-state index contributed by atoms with van der Waals surface area (Å²) in [6.45, 7) is 4.04. The third-order valence-electron chi connectivity index (χ3n) is 4.41. The summed E-state index contributed by atoms with van der Waals surface area (Å²) in [4.78, 5) is 41.0. The summed E-state index contributed by atoms with van der Waals surface area (Å²) < 4.78 is 0. The van der Waals surface area contributed by atoms with Crippen molar-refractivity contribution in [2.75, 3.05) is 10.2 Å². The van der Waals surface area contributed by atoms with Crippen LogP contribution in [0.4, 0.5) is 11.4 Å². The van der Waals surface area contributed by atoms with Crippen molar-refractivity contribution in [1.82, 2.24) is 15.0 Å². The van der Waals surface area contributed by atoms with Crippen molar-refractivity contribution in [2.24, 2.45) is 0 Å². The van der Waals surface area contributed by atoms with Crippen molar-refractivity contribution in [3.8, 4) is 0 Å². The number of amides is 2. The molecule has 0 aliphatic carbocycles. The predicted molar refractivity (Wildman–Crippen MR) is 123 cm³/mol. The van der Waals surface area contributed by atoms with Crippen LogP contribution in [0.1, 0.15) is 35.1 Å². The number of pyridine rings is 1. The number of benzene rings is 1. The average Bonchev–Trinajstić information content (AvgIpc) is 3.41. The van der Waals surface area contributed by atoms with E-state index in [9.17, 15) is 9.59 Å². The monoisotopic (exact) mass is 449 g/mol. The lowest BCUT2D eigenvalue weighted by molar-refractivity contribution is 0.0986. The molecule has 3 heterocycles. The second-order valence-corrected chi connectivity index (χ2v) is 9.17. The molecule has 0 fully saturated rings. The molecule has 0 saturated heterocycles. The van der Waals surface area contributed by atoms with Gasteiger partial charge in [0, 0.05) is 17.6 Å². The van der Waals surface area contributed by atoms with E-state index in [0.717, 1.165) is 15.7 Å². The molecule has 0 aliphatic rings. The van der Waals surface area contributed by atoms with E-state index in [2.05, 4.69) is 20.3 Å². The van der Waals surface area contributed by atoms with Crippen LogP contribution in [-0.2, 0) is 6.54 Å². The van der Waals surface area contributed by atoms with E-state index in [1.807, 2.05) is 44.2 Å². The van der Waals surface area contributed by atoms with Crippen molar-refractivity contribution in [3.63, 3.8) is 0 Å². The molecule has 0 unspecified atom stereocenters. The first-order chi connectivity index (χ1) is 15.0. The highest BCUT2D eigenvalue weighted by molar-refractivity contribution is 7.14. The molecule has 0 atom stereocenters. The first-order valence-corrected chi connectivity index (χ1v) is 11.1. The molecule has 156 valence electrons. The first kappa shape index (κ1) is 20.8. The lowest BCUT2D eigenvalue weighted by Crippen LogP contribution is -2.30. The number of aromatic nitrogens is 3. The topological polar surface area (TPSA) is 88.1 Å². The van der Waals surface area contributed by atoms with Gasteiger partial charge >= 0.3 is 0 Å². The minimum atomic E-state index is -0.208. The molecule has 0 spiro atoms. The lowest BCUT2D eigenvalue weighted by Gasteiger charge is -2.22. The Balaban J connectivity index is 1.57. The van der Waals surface area contributed by atoms with Gasteiger partial charge in [-0.3, -0.25) is 14.6 Å². The molecule has 0 aliphatic heterocycles. The molecular weight excluding hydrogens is 430 g/mol. The number of carbonyl (C=O) groups is 2. The minimum absolute atomic E-state index is 0.145. The van der Waals surface area contributed by atoms with Gasteiger partial charge in [0.1, 0.15) is 9.75 Å². The molecule has 9 heteroatoms. The van der Waals surface area contributed by atoms with Gasteiger partial charge < -0.3 is 10.2 Å². The molecule has 0 bridgehead atoms. The standard InChI is InChI=1S/C22H19N5O2S2/c1-14-24-11-19(30-14)21(28)26-16-6-8-18(9-7-16)27(13-17-5-3-4-10-23-17)22(29)20-12-25-15(2)31-20/h3-12H,13H2,1-2H3,(H,26,28). The fraction of sp³-hybridized carbons (Fsp3) is 0.136. The minimum Gasteiger partial charge on any atom is -0.321 e. The van der Waals surface area contributed by atoms with Gasteiger partial charge in [-0.05, 0) is 50.2 Å². The number of thiazole rings is 2. The van der Waals surface area contributed by atoms with Crippen LogP contribution in [0.2, 0.25) is 0 Å². The molecule has 7 nitrogen and oxygen atoms in total. The Morgan fingerprint density at radius 1 is 0.903 bits per heavy atom. The zero-order valence-electron chi connectivity index (χ0n) is 16.9. The van der Waals surface area contributed by atoms with Crippen LogP contribution < -0.4 is 10.2 Å². The molecule has 1 aromatic carbocycles. The van der Waals surface area contributed by atoms with Crippen LogP contribution in [0.15, 0.2) is 61.1 Å². The second-order valence-electron chi connectivity index (χ2n) is 6.70. The molecule has 4 aromatic rings. The SMILES string of the molecule is Cc1ncc(C(=O)Nc2ccc(N(Cc3ccccn3)C(=O)c3cnc(C)s3)cc2)s1. The van der Waals surface area contributed by atoms with Crippen LogP contribution in [-0.4, -0.2) is 26.8 Å². The second kappa shape index (κ2) is 9.15. The van der Waals surface area contributed by atoms with Crippen molar-refractivity contribution in [1.29, 1.82) is 0 Å². The first-order valence-electron chi connectivity index (χ1n) is 9.47. The third-order valence-corrected chi connectivity index (χ3v) is 6.22. The van der Waals surface area contributed by atoms with Gasteiger partial charge in [0.15, 0.2) is 0 Å². The number of nitrogens with one attached hydrogen (secondary N) is 1. The maximum absolute atomic E-state index is 13.2. The van der Waals surface area contributed by atoms with Crippen molar-refractivity contribution >= 4 is 45.9 Å². The Morgan fingerprint density at radius 2 is 1.58 bits per heavy atom. The highest BCUT2D eigenvalue weighted by Gasteiger charge is 2.21. The largest absolute Gasteiger partial charge is 0.321 e. The Bertz CT molecular complexity index is 1200. The Hall–Kier alpha value is -3.43. The smallest absolute Gasteiger partial charge is 0.270 e. The number of rotatable bonds is 6. The zero-order chi connectivity index (χ0) is 21.8. The molecule has 0 radical (unpaired) electrons. The highest BCUT2D eigenvalue weighted by atomic mass is 32.1. The number of aryl methyl sites for hydroxylation is 2. The fourth-order valence-corrected chi connectivity index (χ4v) is 4.31. The molecule has 31 heavy (non-hydrogen) atoms. The molecule has 4 rings (SSSR count). The highest BCUT2D eigenvalue weighted by Crippen LogP contribution is 2.24. The van der Waals surface area contributed by atoms with Gasteiger partial charge in [-0.1, -0.05) is 6.07 Å². The Kier molecular flexibility index (Phi) is 6.15. The molecular formula is C22H19N5O2S2. The Morgan fingerprint density at radius 3 is 2.16 bits per heavy atom. The average molecular weight is 450 g/mol. The number of carbonyl (C=O) groups excluding carboxylic acids is 2. The van der Waals surface area contributed by atoms with E-state index in [-0.39, 0.29) is 11.8 Å². The summed E-state index contributed by atoms with van der Waals surface area (Å²) in [5.41, 5.74) is 2.11. The van der Waals surface area contributed by atoms with Crippen LogP contribution in [0.3, 0.4) is 0 Å². The van der Waals surface area contributed by atoms with Gasteiger partial charge in [-0.2, -0.15) is 0 Å². The van der Waals surface area contributed by atoms with Crippen molar-refractivity contribution < 1.29 is 9.59 Å². The predicted octanol–water partition coefficient (Wildman–Crippen LogP) is 4.71. The Labute approximate surface area is 187 Å². The maximum Gasteiger partial charge on any atom is 0.270 e. The molecule has 3 aromatic heterocycles. The quantitative estimate of drug-likeness (QED) is 0.461. The van der Waals surface area contributed by atoms with Crippen LogP contribution >= 0.6 is 22.7 Å². The van der Waals surface area contributed by atoms with Gasteiger partial charge in [0.2, 0.25) is 0 Å². The van der Waals surface area contributed by atoms with Crippen molar-refractivity contribution in [3.05, 3.63) is 86.5 Å². The maximum atomic E-state index is 13.2. The summed E-state index contributed by atoms with van der Waals surface area (Å²) >= 11 is 2.70. The van der Waals surface area contributed by atoms with Gasteiger partial charge in [-0.25, -0.2) is 9.97 Å². The van der Waals surface area contributed by atoms with E-state index < -0.39 is 0 Å². The number of hydrogen-bond donors (Lipinski definition) is 1. The van der Waals surface area contributed by atoms with E-state index >= 15 is 0 Å². The van der Waals surface area contributed by atoms with E-state index in [0.29, 0.717) is 27.7 Å². The lowest BCUT2D eigenvalue weighted by atomic mass is 10.2. The number of hydrogen-bond acceptors (Lipinski definition) is 7. The van der Waals surface area contributed by atoms with Crippen LogP contribution in [0.25, 0.3) is 0 Å². The summed E-state index contributed by atoms with van der Waals surface area (Å²) in [6.07, 6.45) is 4.86. The molecule has 1 N–H and O–H groups in total. The number of nitrogens with zero attached hydrogens (tertiary/aromatic N) is 4. The van der Waals surface area contributed by atoms with E-state index in [4.69, 9.17) is 0 Å². The van der Waals surface area contributed by atoms with E-state index in [1.165, 1.54) is 22.7 Å². The summed E-state index contributed by atoms with van der Waals surface area (Å²) in [6, 6.07) is 12.8. The zero-order valence-corrected chi connectivity index (χ0v) is 18.5. The van der Waals surface area contributed by atoms with Crippen LogP contribution in [0, 0.1) is 13.8 Å². The van der Waals surface area contributed by atoms with Gasteiger partial charge in [-0.15, -0.1) is 22.7 Å². The normalized spacial score (nSPS) is 10.6. The van der Waals surface area contributed by atoms with Crippen LogP contribution in [0.5, 0.6) is 0 Å². The molecule has 2 amide bonds. The summed E-state index contributed by atoms with van der Waals surface area (Å²) in [5, 5.41) is 4.53. The van der Waals surface area contributed by atoms with Gasteiger partial charge in [0.05, 0.1) is 34.6 Å².